The predicted molar refractivity (Wildman–Crippen MR) is 82.0 cm³/mol. The van der Waals surface area contributed by atoms with Gasteiger partial charge in [0.25, 0.3) is 5.78 Å². The molecule has 2 heterocycles. The normalized spacial score (nSPS) is 11.0. The van der Waals surface area contributed by atoms with Crippen LogP contribution >= 0.6 is 0 Å². The highest BCUT2D eigenvalue weighted by molar-refractivity contribution is 5.47. The van der Waals surface area contributed by atoms with Gasteiger partial charge in [-0.15, -0.1) is 0 Å². The second-order valence-electron chi connectivity index (χ2n) is 5.11. The van der Waals surface area contributed by atoms with E-state index in [1.54, 1.807) is 4.52 Å². The number of hydrogen-bond donors (Lipinski definition) is 1. The molecule has 2 aromatic heterocycles. The average molecular weight is 282 g/mol. The summed E-state index contributed by atoms with van der Waals surface area (Å²) in [6.07, 6.45) is 1.52. The summed E-state index contributed by atoms with van der Waals surface area (Å²) < 4.78 is 1.75. The van der Waals surface area contributed by atoms with Crippen molar-refractivity contribution in [1.29, 1.82) is 0 Å². The van der Waals surface area contributed by atoms with Gasteiger partial charge in [-0.25, -0.2) is 4.98 Å². The van der Waals surface area contributed by atoms with Crippen molar-refractivity contribution in [3.8, 4) is 0 Å². The summed E-state index contributed by atoms with van der Waals surface area (Å²) in [5.74, 6) is 1.58. The molecule has 0 unspecified atom stereocenters. The van der Waals surface area contributed by atoms with E-state index >= 15 is 0 Å². The second kappa shape index (κ2) is 5.49. The van der Waals surface area contributed by atoms with E-state index in [1.165, 1.54) is 11.9 Å². The summed E-state index contributed by atoms with van der Waals surface area (Å²) in [6.45, 7) is 3.28. The van der Waals surface area contributed by atoms with Gasteiger partial charge in [-0.1, -0.05) is 24.3 Å². The highest BCUT2D eigenvalue weighted by Gasteiger charge is 2.10. The average Bonchev–Trinajstić information content (AvgIpc) is 2.94. The molecule has 0 spiro atoms. The fraction of sp³-hybridized carbons (Fsp3) is 0.267. The first-order valence-corrected chi connectivity index (χ1v) is 6.84. The van der Waals surface area contributed by atoms with E-state index in [-0.39, 0.29) is 0 Å². The quantitative estimate of drug-likeness (QED) is 0.785. The van der Waals surface area contributed by atoms with E-state index < -0.39 is 0 Å². The lowest BCUT2D eigenvalue weighted by Crippen LogP contribution is -2.20. The minimum absolute atomic E-state index is 0.555. The predicted octanol–water partition coefficient (Wildman–Crippen LogP) is 1.53. The highest BCUT2D eigenvalue weighted by atomic mass is 15.4. The fourth-order valence-corrected chi connectivity index (χ4v) is 2.39. The molecule has 6 nitrogen and oxygen atoms in total. The molecule has 0 saturated heterocycles. The Hall–Kier alpha value is -2.47. The molecule has 3 aromatic rings. The molecule has 0 radical (unpaired) electrons. The maximum atomic E-state index is 5.70. The van der Waals surface area contributed by atoms with Gasteiger partial charge >= 0.3 is 0 Å². The largest absolute Gasteiger partial charge is 0.355 e. The number of benzene rings is 1. The van der Waals surface area contributed by atoms with Gasteiger partial charge in [0.2, 0.25) is 0 Å². The van der Waals surface area contributed by atoms with Crippen LogP contribution < -0.4 is 10.6 Å². The van der Waals surface area contributed by atoms with Crippen molar-refractivity contribution in [2.75, 3.05) is 11.9 Å². The summed E-state index contributed by atoms with van der Waals surface area (Å²) in [5.41, 5.74) is 8.97. The molecule has 108 valence electrons. The Bertz CT molecular complexity index is 764. The van der Waals surface area contributed by atoms with Crippen LogP contribution in [0.25, 0.3) is 5.78 Å². The maximum absolute atomic E-state index is 5.70. The number of anilines is 1. The molecule has 0 atom stereocenters. The molecule has 0 amide bonds. The Kier molecular flexibility index (Phi) is 3.53. The number of aryl methyl sites for hydroxylation is 1. The van der Waals surface area contributed by atoms with E-state index in [0.29, 0.717) is 12.3 Å². The number of nitrogens with zero attached hydrogens (tertiary/aromatic N) is 5. The van der Waals surface area contributed by atoms with Crippen molar-refractivity contribution in [2.24, 2.45) is 5.73 Å². The summed E-state index contributed by atoms with van der Waals surface area (Å²) in [7, 11) is 2.03. The lowest BCUT2D eigenvalue weighted by molar-refractivity contribution is 0.826. The zero-order valence-corrected chi connectivity index (χ0v) is 12.2. The topological polar surface area (TPSA) is 72.3 Å². The van der Waals surface area contributed by atoms with Crippen molar-refractivity contribution >= 4 is 11.6 Å². The molecule has 21 heavy (non-hydrogen) atoms. The van der Waals surface area contributed by atoms with Gasteiger partial charge in [0.15, 0.2) is 0 Å². The van der Waals surface area contributed by atoms with Gasteiger partial charge in [0.05, 0.1) is 0 Å². The first-order valence-electron chi connectivity index (χ1n) is 6.84. The zero-order valence-electron chi connectivity index (χ0n) is 12.2. The number of rotatable bonds is 4. The Morgan fingerprint density at radius 3 is 2.86 bits per heavy atom. The summed E-state index contributed by atoms with van der Waals surface area (Å²) in [6, 6.07) is 10.3. The van der Waals surface area contributed by atoms with E-state index in [2.05, 4.69) is 32.1 Å². The van der Waals surface area contributed by atoms with E-state index in [4.69, 9.17) is 5.73 Å². The monoisotopic (exact) mass is 282 g/mol. The third-order valence-electron chi connectivity index (χ3n) is 3.40. The SMILES string of the molecule is Cc1cc(N(C)Cc2cccc(CN)c2)n2ncnc2n1. The van der Waals surface area contributed by atoms with E-state index in [9.17, 15) is 0 Å². The van der Waals surface area contributed by atoms with Gasteiger partial charge in [-0.2, -0.15) is 14.6 Å². The minimum atomic E-state index is 0.555. The van der Waals surface area contributed by atoms with Crippen LogP contribution in [0.3, 0.4) is 0 Å². The van der Waals surface area contributed by atoms with E-state index in [1.807, 2.05) is 32.2 Å². The third kappa shape index (κ3) is 2.71. The Morgan fingerprint density at radius 2 is 2.05 bits per heavy atom. The fourth-order valence-electron chi connectivity index (χ4n) is 2.39. The van der Waals surface area contributed by atoms with Crippen LogP contribution in [0.15, 0.2) is 36.7 Å². The Labute approximate surface area is 123 Å². The van der Waals surface area contributed by atoms with Gasteiger partial charge in [-0.05, 0) is 18.1 Å². The van der Waals surface area contributed by atoms with Gasteiger partial charge in [0, 0.05) is 31.9 Å². The van der Waals surface area contributed by atoms with Crippen LogP contribution in [0.2, 0.25) is 0 Å². The van der Waals surface area contributed by atoms with Gasteiger partial charge < -0.3 is 10.6 Å². The molecule has 6 heteroatoms. The number of aromatic nitrogens is 4. The third-order valence-corrected chi connectivity index (χ3v) is 3.40. The smallest absolute Gasteiger partial charge is 0.254 e. The molecule has 0 saturated carbocycles. The number of fused-ring (bicyclic) bond motifs is 1. The number of hydrogen-bond acceptors (Lipinski definition) is 5. The molecule has 0 aliphatic heterocycles. The molecule has 1 aromatic carbocycles. The maximum Gasteiger partial charge on any atom is 0.254 e. The number of nitrogens with two attached hydrogens (primary N) is 1. The Balaban J connectivity index is 1.93. The molecule has 0 aliphatic rings. The van der Waals surface area contributed by atoms with Gasteiger partial charge in [0.1, 0.15) is 12.1 Å². The molecule has 0 fully saturated rings. The Morgan fingerprint density at radius 1 is 1.24 bits per heavy atom. The van der Waals surface area contributed by atoms with Crippen molar-refractivity contribution in [2.45, 2.75) is 20.0 Å². The highest BCUT2D eigenvalue weighted by Crippen LogP contribution is 2.17. The minimum Gasteiger partial charge on any atom is -0.355 e. The first kappa shape index (κ1) is 13.5. The van der Waals surface area contributed by atoms with Crippen LogP contribution in [0, 0.1) is 6.92 Å². The van der Waals surface area contributed by atoms with Crippen molar-refractivity contribution in [1.82, 2.24) is 19.6 Å². The van der Waals surface area contributed by atoms with E-state index in [0.717, 1.165) is 23.6 Å². The molecule has 2 N–H and O–H groups in total. The molecule has 0 bridgehead atoms. The van der Waals surface area contributed by atoms with Crippen molar-refractivity contribution < 1.29 is 0 Å². The molecular weight excluding hydrogens is 264 g/mol. The lowest BCUT2D eigenvalue weighted by atomic mass is 10.1. The van der Waals surface area contributed by atoms with Crippen LogP contribution in [0.5, 0.6) is 0 Å². The van der Waals surface area contributed by atoms with Crippen LogP contribution in [0.1, 0.15) is 16.8 Å². The summed E-state index contributed by atoms with van der Waals surface area (Å²) in [4.78, 5) is 10.6. The van der Waals surface area contributed by atoms with Gasteiger partial charge in [-0.3, -0.25) is 0 Å². The summed E-state index contributed by atoms with van der Waals surface area (Å²) in [5, 5.41) is 4.24. The van der Waals surface area contributed by atoms with Crippen molar-refractivity contribution in [3.05, 3.63) is 53.5 Å². The second-order valence-corrected chi connectivity index (χ2v) is 5.11. The van der Waals surface area contributed by atoms with Crippen LogP contribution in [0.4, 0.5) is 5.82 Å². The van der Waals surface area contributed by atoms with Crippen molar-refractivity contribution in [3.63, 3.8) is 0 Å². The van der Waals surface area contributed by atoms with Crippen LogP contribution in [-0.2, 0) is 13.1 Å². The zero-order chi connectivity index (χ0) is 14.8. The van der Waals surface area contributed by atoms with Crippen LogP contribution in [-0.4, -0.2) is 26.6 Å². The standard InChI is InChI=1S/C15H18N6/c1-11-6-14(21-15(19-11)17-10-18-21)20(2)9-13-5-3-4-12(7-13)8-16/h3-7,10H,8-9,16H2,1-2H3. The summed E-state index contributed by atoms with van der Waals surface area (Å²) >= 11 is 0. The lowest BCUT2D eigenvalue weighted by Gasteiger charge is -2.20. The molecule has 3 rings (SSSR count). The molecular formula is C15H18N6. The molecule has 0 aliphatic carbocycles. The first-order chi connectivity index (χ1) is 10.2.